The summed E-state index contributed by atoms with van der Waals surface area (Å²) in [5.41, 5.74) is 0.182. The summed E-state index contributed by atoms with van der Waals surface area (Å²) in [5.74, 6) is 0.0535. The van der Waals surface area contributed by atoms with Gasteiger partial charge in [0.05, 0.1) is 12.9 Å². The van der Waals surface area contributed by atoms with E-state index in [9.17, 15) is 14.3 Å². The highest BCUT2D eigenvalue weighted by Gasteiger charge is 2.45. The lowest BCUT2D eigenvalue weighted by Gasteiger charge is -2.17. The Hall–Kier alpha value is -1.64. The van der Waals surface area contributed by atoms with Crippen molar-refractivity contribution in [2.45, 2.75) is 31.0 Å². The standard InChI is InChI=1S/C11H12FN3O4/c12-7-6(3-16)19-11(9(7)18)15-4-14-8-5(17)1-2-13-10(8)15/h2,4,6-7,9,11,16,18H,1,3H2/t6-,7-,9-,11-/m1/s1. The van der Waals surface area contributed by atoms with Crippen molar-refractivity contribution >= 4 is 17.8 Å². The van der Waals surface area contributed by atoms with Crippen LogP contribution in [0.15, 0.2) is 11.3 Å². The van der Waals surface area contributed by atoms with Gasteiger partial charge in [-0.15, -0.1) is 0 Å². The van der Waals surface area contributed by atoms with Gasteiger partial charge in [-0.2, -0.15) is 0 Å². The van der Waals surface area contributed by atoms with E-state index in [4.69, 9.17) is 9.84 Å². The minimum Gasteiger partial charge on any atom is -0.394 e. The maximum absolute atomic E-state index is 13.7. The van der Waals surface area contributed by atoms with Crippen LogP contribution in [-0.4, -0.2) is 56.7 Å². The van der Waals surface area contributed by atoms with Crippen LogP contribution < -0.4 is 0 Å². The maximum atomic E-state index is 13.7. The first-order valence-corrected chi connectivity index (χ1v) is 5.84. The number of rotatable bonds is 2. The Morgan fingerprint density at radius 3 is 3.05 bits per heavy atom. The Kier molecular flexibility index (Phi) is 2.92. The van der Waals surface area contributed by atoms with Crippen LogP contribution >= 0.6 is 0 Å². The van der Waals surface area contributed by atoms with Gasteiger partial charge in [-0.05, 0) is 0 Å². The molecule has 4 atom stereocenters. The van der Waals surface area contributed by atoms with Gasteiger partial charge in [0, 0.05) is 12.6 Å². The summed E-state index contributed by atoms with van der Waals surface area (Å²) in [6, 6.07) is 0. The highest BCUT2D eigenvalue weighted by Crippen LogP contribution is 2.36. The van der Waals surface area contributed by atoms with Crippen LogP contribution in [0.3, 0.4) is 0 Å². The Bertz CT molecular complexity index is 544. The number of alkyl halides is 1. The highest BCUT2D eigenvalue weighted by molar-refractivity contribution is 6.08. The molecule has 0 aliphatic carbocycles. The Morgan fingerprint density at radius 1 is 1.58 bits per heavy atom. The number of fused-ring (bicyclic) bond motifs is 1. The molecule has 0 bridgehead atoms. The largest absolute Gasteiger partial charge is 0.394 e. The van der Waals surface area contributed by atoms with Crippen LogP contribution in [0.5, 0.6) is 0 Å². The van der Waals surface area contributed by atoms with Gasteiger partial charge < -0.3 is 14.9 Å². The van der Waals surface area contributed by atoms with Crippen LogP contribution in [0.25, 0.3) is 0 Å². The molecule has 0 unspecified atom stereocenters. The number of hydrogen-bond donors (Lipinski definition) is 2. The third-order valence-electron chi connectivity index (χ3n) is 3.26. The molecule has 8 heteroatoms. The number of aliphatic imine (C=N–C) groups is 1. The van der Waals surface area contributed by atoms with E-state index in [1.54, 1.807) is 0 Å². The van der Waals surface area contributed by atoms with Gasteiger partial charge >= 0.3 is 0 Å². The van der Waals surface area contributed by atoms with E-state index >= 15 is 0 Å². The van der Waals surface area contributed by atoms with Gasteiger partial charge in [0.25, 0.3) is 0 Å². The van der Waals surface area contributed by atoms with E-state index in [2.05, 4.69) is 9.98 Å². The van der Waals surface area contributed by atoms with E-state index in [0.29, 0.717) is 0 Å². The number of carbonyl (C=O) groups excluding carboxylic acids is 1. The van der Waals surface area contributed by atoms with Crippen molar-refractivity contribution in [2.75, 3.05) is 6.61 Å². The number of ketones is 1. The van der Waals surface area contributed by atoms with Crippen LogP contribution in [0.1, 0.15) is 23.1 Å². The molecule has 1 saturated heterocycles. The molecule has 2 aliphatic heterocycles. The predicted molar refractivity (Wildman–Crippen MR) is 61.2 cm³/mol. The van der Waals surface area contributed by atoms with E-state index in [1.165, 1.54) is 17.1 Å². The molecule has 102 valence electrons. The fraction of sp³-hybridized carbons (Fsp3) is 0.545. The number of hydrogen-bond acceptors (Lipinski definition) is 6. The number of aliphatic hydroxyl groups excluding tert-OH is 2. The second-order valence-electron chi connectivity index (χ2n) is 4.45. The summed E-state index contributed by atoms with van der Waals surface area (Å²) in [7, 11) is 0. The van der Waals surface area contributed by atoms with E-state index in [-0.39, 0.29) is 23.7 Å². The fourth-order valence-electron chi connectivity index (χ4n) is 2.26. The zero-order chi connectivity index (χ0) is 13.6. The molecule has 0 amide bonds. The normalized spacial score (nSPS) is 33.7. The monoisotopic (exact) mass is 269 g/mol. The lowest BCUT2D eigenvalue weighted by molar-refractivity contribution is -0.0505. The second kappa shape index (κ2) is 4.48. The van der Waals surface area contributed by atoms with Gasteiger partial charge in [0.1, 0.15) is 12.2 Å². The average molecular weight is 269 g/mol. The Balaban J connectivity index is 1.97. The van der Waals surface area contributed by atoms with Gasteiger partial charge in [-0.25, -0.2) is 14.4 Å². The minimum absolute atomic E-state index is 0.170. The number of aromatic nitrogens is 2. The quantitative estimate of drug-likeness (QED) is 0.772. The number of ether oxygens (including phenoxy) is 1. The SMILES string of the molecule is O=C1CC=Nc2c1ncn2[C@@H]1O[C@H](CO)[C@@H](F)[C@H]1O. The molecule has 2 N–H and O–H groups in total. The molecular formula is C11H12FN3O4. The van der Waals surface area contributed by atoms with Gasteiger partial charge in [0.15, 0.2) is 29.7 Å². The van der Waals surface area contributed by atoms with Crippen molar-refractivity contribution in [3.8, 4) is 0 Å². The smallest absolute Gasteiger partial charge is 0.190 e. The third-order valence-corrected chi connectivity index (χ3v) is 3.26. The summed E-state index contributed by atoms with van der Waals surface area (Å²) >= 11 is 0. The number of aliphatic hydroxyl groups is 2. The summed E-state index contributed by atoms with van der Waals surface area (Å²) in [6.45, 7) is -0.534. The summed E-state index contributed by atoms with van der Waals surface area (Å²) in [6.07, 6.45) is -2.40. The van der Waals surface area contributed by atoms with Crippen LogP contribution in [-0.2, 0) is 4.74 Å². The molecule has 0 aromatic carbocycles. The highest BCUT2D eigenvalue weighted by atomic mass is 19.1. The predicted octanol–water partition coefficient (Wildman–Crippen LogP) is -0.240. The molecule has 0 radical (unpaired) electrons. The zero-order valence-corrected chi connectivity index (χ0v) is 9.81. The molecule has 0 saturated carbocycles. The van der Waals surface area contributed by atoms with Crippen LogP contribution in [0.2, 0.25) is 0 Å². The molecule has 3 heterocycles. The number of halogens is 1. The van der Waals surface area contributed by atoms with Crippen molar-refractivity contribution in [3.05, 3.63) is 12.0 Å². The fourth-order valence-corrected chi connectivity index (χ4v) is 2.26. The van der Waals surface area contributed by atoms with Crippen molar-refractivity contribution < 1.29 is 24.1 Å². The number of imidazole rings is 1. The Labute approximate surface area is 107 Å². The molecule has 2 aliphatic rings. The van der Waals surface area contributed by atoms with Gasteiger partial charge in [0.2, 0.25) is 0 Å². The van der Waals surface area contributed by atoms with Crippen molar-refractivity contribution in [1.29, 1.82) is 0 Å². The third kappa shape index (κ3) is 1.79. The summed E-state index contributed by atoms with van der Waals surface area (Å²) < 4.78 is 20.2. The molecule has 7 nitrogen and oxygen atoms in total. The number of Topliss-reactive ketones (excluding diaryl/α,β-unsaturated/α-hetero) is 1. The first-order valence-electron chi connectivity index (χ1n) is 5.84. The maximum Gasteiger partial charge on any atom is 0.190 e. The van der Waals surface area contributed by atoms with Gasteiger partial charge in [-0.1, -0.05) is 0 Å². The van der Waals surface area contributed by atoms with Crippen LogP contribution in [0.4, 0.5) is 10.2 Å². The molecule has 3 rings (SSSR count). The molecular weight excluding hydrogens is 257 g/mol. The number of carbonyl (C=O) groups is 1. The topological polar surface area (TPSA) is 96.9 Å². The molecule has 1 aromatic heterocycles. The van der Waals surface area contributed by atoms with E-state index in [0.717, 1.165) is 0 Å². The lowest BCUT2D eigenvalue weighted by Crippen LogP contribution is -2.29. The molecule has 0 spiro atoms. The van der Waals surface area contributed by atoms with E-state index < -0.39 is 31.2 Å². The van der Waals surface area contributed by atoms with Crippen molar-refractivity contribution in [1.82, 2.24) is 9.55 Å². The first kappa shape index (κ1) is 12.4. The average Bonchev–Trinajstić information content (AvgIpc) is 2.94. The lowest BCUT2D eigenvalue weighted by atomic mass is 10.1. The minimum atomic E-state index is -1.70. The molecule has 1 fully saturated rings. The molecule has 19 heavy (non-hydrogen) atoms. The van der Waals surface area contributed by atoms with Gasteiger partial charge in [-0.3, -0.25) is 9.36 Å². The molecule has 1 aromatic rings. The first-order chi connectivity index (χ1) is 9.13. The Morgan fingerprint density at radius 2 is 2.37 bits per heavy atom. The van der Waals surface area contributed by atoms with Crippen LogP contribution in [0, 0.1) is 0 Å². The summed E-state index contributed by atoms with van der Waals surface area (Å²) in [4.78, 5) is 19.5. The zero-order valence-electron chi connectivity index (χ0n) is 9.81. The summed E-state index contributed by atoms with van der Waals surface area (Å²) in [5, 5.41) is 18.8. The van der Waals surface area contributed by atoms with E-state index in [1.807, 2.05) is 0 Å². The number of nitrogens with zero attached hydrogens (tertiary/aromatic N) is 3. The van der Waals surface area contributed by atoms with Crippen molar-refractivity contribution in [3.63, 3.8) is 0 Å². The van der Waals surface area contributed by atoms with Crippen molar-refractivity contribution in [2.24, 2.45) is 4.99 Å². The second-order valence-corrected chi connectivity index (χ2v) is 4.45.